The SMILES string of the molecule is CCC(=O)Oc1c(Br)cccc1Br. The second-order valence-electron chi connectivity index (χ2n) is 2.38. The minimum absolute atomic E-state index is 0.243. The van der Waals surface area contributed by atoms with Gasteiger partial charge in [0.15, 0.2) is 5.75 Å². The summed E-state index contributed by atoms with van der Waals surface area (Å²) in [6.45, 7) is 1.76. The number of rotatable bonds is 2. The van der Waals surface area contributed by atoms with E-state index < -0.39 is 0 Å². The molecule has 0 aromatic heterocycles. The summed E-state index contributed by atoms with van der Waals surface area (Å²) in [5.41, 5.74) is 0. The third-order valence-corrected chi connectivity index (χ3v) is 2.67. The lowest BCUT2D eigenvalue weighted by Gasteiger charge is -2.06. The minimum atomic E-state index is -0.243. The van der Waals surface area contributed by atoms with Gasteiger partial charge in [-0.1, -0.05) is 13.0 Å². The molecule has 0 amide bonds. The summed E-state index contributed by atoms with van der Waals surface area (Å²) in [6.07, 6.45) is 0.369. The van der Waals surface area contributed by atoms with Crippen LogP contribution in [0.15, 0.2) is 27.1 Å². The normalized spacial score (nSPS) is 9.77. The Morgan fingerprint density at radius 3 is 2.38 bits per heavy atom. The zero-order valence-electron chi connectivity index (χ0n) is 7.01. The van der Waals surface area contributed by atoms with E-state index in [1.54, 1.807) is 6.92 Å². The molecule has 0 N–H and O–H groups in total. The number of hydrogen-bond acceptors (Lipinski definition) is 2. The van der Waals surface area contributed by atoms with E-state index in [-0.39, 0.29) is 5.97 Å². The molecule has 1 aromatic carbocycles. The van der Waals surface area contributed by atoms with Crippen molar-refractivity contribution in [1.29, 1.82) is 0 Å². The van der Waals surface area contributed by atoms with Crippen molar-refractivity contribution in [3.63, 3.8) is 0 Å². The fraction of sp³-hybridized carbons (Fsp3) is 0.222. The maximum Gasteiger partial charge on any atom is 0.310 e. The van der Waals surface area contributed by atoms with Crippen LogP contribution in [0.5, 0.6) is 5.75 Å². The molecular formula is C9H8Br2O2. The van der Waals surface area contributed by atoms with Gasteiger partial charge in [0, 0.05) is 6.42 Å². The molecule has 0 saturated carbocycles. The Morgan fingerprint density at radius 2 is 1.92 bits per heavy atom. The first-order chi connectivity index (χ1) is 6.15. The van der Waals surface area contributed by atoms with Crippen molar-refractivity contribution in [2.75, 3.05) is 0 Å². The number of carbonyl (C=O) groups excluding carboxylic acids is 1. The van der Waals surface area contributed by atoms with Crippen LogP contribution in [0.4, 0.5) is 0 Å². The molecule has 70 valence electrons. The Bertz CT molecular complexity index is 303. The van der Waals surface area contributed by atoms with Crippen molar-refractivity contribution in [1.82, 2.24) is 0 Å². The van der Waals surface area contributed by atoms with Gasteiger partial charge in [0.1, 0.15) is 0 Å². The highest BCUT2D eigenvalue weighted by atomic mass is 79.9. The lowest BCUT2D eigenvalue weighted by molar-refractivity contribution is -0.134. The maximum absolute atomic E-state index is 11.0. The lowest BCUT2D eigenvalue weighted by Crippen LogP contribution is -2.06. The molecule has 0 fully saturated rings. The Labute approximate surface area is 93.5 Å². The molecule has 0 saturated heterocycles. The molecule has 0 spiro atoms. The third kappa shape index (κ3) is 2.81. The van der Waals surface area contributed by atoms with Crippen LogP contribution in [-0.4, -0.2) is 5.97 Å². The van der Waals surface area contributed by atoms with Crippen LogP contribution in [-0.2, 0) is 4.79 Å². The zero-order valence-corrected chi connectivity index (χ0v) is 10.2. The monoisotopic (exact) mass is 306 g/mol. The van der Waals surface area contributed by atoms with E-state index >= 15 is 0 Å². The highest BCUT2D eigenvalue weighted by Gasteiger charge is 2.09. The summed E-state index contributed by atoms with van der Waals surface area (Å²) in [7, 11) is 0. The Balaban J connectivity index is 2.93. The summed E-state index contributed by atoms with van der Waals surface area (Å²) < 4.78 is 6.63. The number of benzene rings is 1. The topological polar surface area (TPSA) is 26.3 Å². The second kappa shape index (κ2) is 4.77. The molecule has 0 unspecified atom stereocenters. The Kier molecular flexibility index (Phi) is 3.93. The maximum atomic E-state index is 11.0. The predicted molar refractivity (Wildman–Crippen MR) is 57.8 cm³/mol. The van der Waals surface area contributed by atoms with Crippen LogP contribution in [0.25, 0.3) is 0 Å². The molecule has 0 aliphatic carbocycles. The highest BCUT2D eigenvalue weighted by Crippen LogP contribution is 2.33. The molecule has 4 heteroatoms. The van der Waals surface area contributed by atoms with Crippen molar-refractivity contribution < 1.29 is 9.53 Å². The van der Waals surface area contributed by atoms with Gasteiger partial charge in [0.25, 0.3) is 0 Å². The van der Waals surface area contributed by atoms with Gasteiger partial charge in [-0.15, -0.1) is 0 Å². The predicted octanol–water partition coefficient (Wildman–Crippen LogP) is 3.53. The first-order valence-corrected chi connectivity index (χ1v) is 5.38. The van der Waals surface area contributed by atoms with Crippen molar-refractivity contribution in [3.05, 3.63) is 27.1 Å². The quantitative estimate of drug-likeness (QED) is 0.617. The first-order valence-electron chi connectivity index (χ1n) is 3.80. The number of esters is 1. The molecule has 0 heterocycles. The van der Waals surface area contributed by atoms with Gasteiger partial charge in [-0.3, -0.25) is 4.79 Å². The van der Waals surface area contributed by atoms with Crippen LogP contribution >= 0.6 is 31.9 Å². The fourth-order valence-corrected chi connectivity index (χ4v) is 1.93. The summed E-state index contributed by atoms with van der Waals surface area (Å²) in [5, 5.41) is 0. The van der Waals surface area contributed by atoms with Gasteiger partial charge in [0.2, 0.25) is 0 Å². The molecule has 13 heavy (non-hydrogen) atoms. The van der Waals surface area contributed by atoms with E-state index in [1.807, 2.05) is 18.2 Å². The number of para-hydroxylation sites is 1. The smallest absolute Gasteiger partial charge is 0.310 e. The van der Waals surface area contributed by atoms with Gasteiger partial charge >= 0.3 is 5.97 Å². The van der Waals surface area contributed by atoms with Gasteiger partial charge in [-0.05, 0) is 44.0 Å². The molecule has 2 nitrogen and oxygen atoms in total. The number of carbonyl (C=O) groups is 1. The van der Waals surface area contributed by atoms with Gasteiger partial charge < -0.3 is 4.74 Å². The molecule has 1 aromatic rings. The van der Waals surface area contributed by atoms with Crippen molar-refractivity contribution in [3.8, 4) is 5.75 Å². The molecule has 0 aliphatic heterocycles. The Hall–Kier alpha value is -0.350. The second-order valence-corrected chi connectivity index (χ2v) is 4.09. The molecule has 0 atom stereocenters. The van der Waals surface area contributed by atoms with Crippen molar-refractivity contribution >= 4 is 37.8 Å². The van der Waals surface area contributed by atoms with E-state index in [2.05, 4.69) is 31.9 Å². The number of halogens is 2. The van der Waals surface area contributed by atoms with Crippen molar-refractivity contribution in [2.45, 2.75) is 13.3 Å². The fourth-order valence-electron chi connectivity index (χ4n) is 0.766. The third-order valence-electron chi connectivity index (χ3n) is 1.42. The van der Waals surface area contributed by atoms with Crippen LogP contribution in [0.1, 0.15) is 13.3 Å². The van der Waals surface area contributed by atoms with E-state index in [4.69, 9.17) is 4.74 Å². The summed E-state index contributed by atoms with van der Waals surface area (Å²) in [4.78, 5) is 11.0. The largest absolute Gasteiger partial charge is 0.424 e. The van der Waals surface area contributed by atoms with Gasteiger partial charge in [-0.25, -0.2) is 0 Å². The number of ether oxygens (including phenoxy) is 1. The van der Waals surface area contributed by atoms with Gasteiger partial charge in [-0.2, -0.15) is 0 Å². The Morgan fingerprint density at radius 1 is 1.38 bits per heavy atom. The van der Waals surface area contributed by atoms with E-state index in [0.29, 0.717) is 12.2 Å². The molecular weight excluding hydrogens is 300 g/mol. The van der Waals surface area contributed by atoms with Gasteiger partial charge in [0.05, 0.1) is 8.95 Å². The summed E-state index contributed by atoms with van der Waals surface area (Å²) in [5.74, 6) is 0.293. The van der Waals surface area contributed by atoms with Crippen LogP contribution in [0.3, 0.4) is 0 Å². The first kappa shape index (κ1) is 10.7. The lowest BCUT2D eigenvalue weighted by atomic mass is 10.3. The standard InChI is InChI=1S/C9H8Br2O2/c1-2-8(12)13-9-6(10)4-3-5-7(9)11/h3-5H,2H2,1H3. The van der Waals surface area contributed by atoms with Crippen LogP contribution in [0, 0.1) is 0 Å². The molecule has 0 aliphatic rings. The summed E-state index contributed by atoms with van der Waals surface area (Å²) in [6, 6.07) is 5.50. The van der Waals surface area contributed by atoms with Crippen LogP contribution < -0.4 is 4.74 Å². The highest BCUT2D eigenvalue weighted by molar-refractivity contribution is 9.11. The molecule has 0 radical (unpaired) electrons. The number of hydrogen-bond donors (Lipinski definition) is 0. The minimum Gasteiger partial charge on any atom is -0.424 e. The average Bonchev–Trinajstić information content (AvgIpc) is 2.11. The van der Waals surface area contributed by atoms with E-state index in [0.717, 1.165) is 8.95 Å². The zero-order chi connectivity index (χ0) is 9.84. The summed E-state index contributed by atoms with van der Waals surface area (Å²) >= 11 is 6.60. The van der Waals surface area contributed by atoms with E-state index in [1.165, 1.54) is 0 Å². The molecule has 1 rings (SSSR count). The van der Waals surface area contributed by atoms with Crippen LogP contribution in [0.2, 0.25) is 0 Å². The van der Waals surface area contributed by atoms with E-state index in [9.17, 15) is 4.79 Å². The molecule has 0 bridgehead atoms. The average molecular weight is 308 g/mol. The van der Waals surface area contributed by atoms with Crippen molar-refractivity contribution in [2.24, 2.45) is 0 Å².